The number of nitrogens with one attached hydrogen (secondary N) is 1. The number of carbonyl (C=O) groups is 1. The van der Waals surface area contributed by atoms with Gasteiger partial charge in [0.1, 0.15) is 5.70 Å². The van der Waals surface area contributed by atoms with E-state index in [2.05, 4.69) is 22.0 Å². The number of amidine groups is 1. The molecule has 0 saturated heterocycles. The fourth-order valence-corrected chi connectivity index (χ4v) is 3.36. The van der Waals surface area contributed by atoms with Crippen LogP contribution in [0.15, 0.2) is 71.5 Å². The lowest BCUT2D eigenvalue weighted by molar-refractivity contribution is -0.116. The van der Waals surface area contributed by atoms with Gasteiger partial charge in [0.2, 0.25) is 0 Å². The van der Waals surface area contributed by atoms with E-state index in [9.17, 15) is 4.79 Å². The third-order valence-electron chi connectivity index (χ3n) is 3.84. The normalized spacial score (nSPS) is 18.5. The minimum atomic E-state index is -0.427. The minimum absolute atomic E-state index is 0.183. The van der Waals surface area contributed by atoms with Crippen LogP contribution in [0.1, 0.15) is 11.7 Å². The predicted octanol–water partition coefficient (Wildman–Crippen LogP) is 1.14. The maximum Gasteiger partial charge on any atom is 0.276 e. The Kier molecular flexibility index (Phi) is 4.07. The molecule has 0 bridgehead atoms. The largest absolute Gasteiger partial charge is 0.298 e. The molecule has 124 valence electrons. The zero-order valence-corrected chi connectivity index (χ0v) is 14.1. The molecule has 2 aliphatic heterocycles. The van der Waals surface area contributed by atoms with Crippen LogP contribution in [0.3, 0.4) is 0 Å². The second-order valence-electron chi connectivity index (χ2n) is 5.46. The SMILES string of the molecule is C=CCSC1=NN2C(=c3ccccc3=NC2c2cccnc2)C(=O)N1. The van der Waals surface area contributed by atoms with Gasteiger partial charge in [0.15, 0.2) is 11.3 Å². The number of hydrogen-bond donors (Lipinski definition) is 1. The van der Waals surface area contributed by atoms with Gasteiger partial charge in [-0.1, -0.05) is 42.1 Å². The Labute approximate surface area is 148 Å². The fraction of sp³-hybridized carbons (Fsp3) is 0.111. The van der Waals surface area contributed by atoms with E-state index in [0.29, 0.717) is 16.6 Å². The highest BCUT2D eigenvalue weighted by Crippen LogP contribution is 2.30. The smallest absolute Gasteiger partial charge is 0.276 e. The second kappa shape index (κ2) is 6.52. The topological polar surface area (TPSA) is 70.0 Å². The van der Waals surface area contributed by atoms with E-state index in [4.69, 9.17) is 4.99 Å². The summed E-state index contributed by atoms with van der Waals surface area (Å²) in [5, 5.41) is 11.2. The Morgan fingerprint density at radius 1 is 1.28 bits per heavy atom. The lowest BCUT2D eigenvalue weighted by atomic mass is 10.1. The van der Waals surface area contributed by atoms with Gasteiger partial charge in [-0.3, -0.25) is 20.1 Å². The van der Waals surface area contributed by atoms with Crippen LogP contribution < -0.4 is 15.9 Å². The molecule has 1 atom stereocenters. The molecule has 6 nitrogen and oxygen atoms in total. The van der Waals surface area contributed by atoms with Crippen molar-refractivity contribution in [2.75, 3.05) is 5.75 Å². The lowest BCUT2D eigenvalue weighted by Gasteiger charge is -2.33. The van der Waals surface area contributed by atoms with E-state index in [0.717, 1.165) is 16.1 Å². The van der Waals surface area contributed by atoms with Gasteiger partial charge in [-0.2, -0.15) is 0 Å². The molecule has 25 heavy (non-hydrogen) atoms. The first kappa shape index (κ1) is 15.6. The molecule has 2 aromatic rings. The number of benzene rings is 1. The van der Waals surface area contributed by atoms with Crippen LogP contribution in [0.5, 0.6) is 0 Å². The molecule has 0 spiro atoms. The molecule has 1 N–H and O–H groups in total. The minimum Gasteiger partial charge on any atom is -0.298 e. The van der Waals surface area contributed by atoms with Gasteiger partial charge in [0.25, 0.3) is 5.91 Å². The first-order chi connectivity index (χ1) is 12.3. The van der Waals surface area contributed by atoms with Gasteiger partial charge in [-0.25, -0.2) is 5.01 Å². The van der Waals surface area contributed by atoms with E-state index in [-0.39, 0.29) is 5.91 Å². The predicted molar refractivity (Wildman–Crippen MR) is 97.7 cm³/mol. The van der Waals surface area contributed by atoms with Crippen molar-refractivity contribution < 1.29 is 4.79 Å². The summed E-state index contributed by atoms with van der Waals surface area (Å²) in [5.74, 6) is 0.478. The van der Waals surface area contributed by atoms with E-state index in [1.165, 1.54) is 11.8 Å². The van der Waals surface area contributed by atoms with Gasteiger partial charge in [0, 0.05) is 28.9 Å². The summed E-state index contributed by atoms with van der Waals surface area (Å²) in [6.45, 7) is 3.70. The van der Waals surface area contributed by atoms with Crippen LogP contribution in [0.4, 0.5) is 0 Å². The molecule has 1 unspecified atom stereocenters. The molecule has 0 aliphatic carbocycles. The van der Waals surface area contributed by atoms with Crippen LogP contribution >= 0.6 is 11.8 Å². The standard InChI is InChI=1S/C18H15N5OS/c1-2-10-25-18-21-17(24)15-13-7-3-4-8-14(13)20-16(23(15)22-18)12-6-5-9-19-11-12/h2-9,11,16H,1,10H2,(H,21,22,24). The highest BCUT2D eigenvalue weighted by Gasteiger charge is 2.34. The van der Waals surface area contributed by atoms with Crippen LogP contribution in [0, 0.1) is 0 Å². The number of hydrogen-bond acceptors (Lipinski definition) is 6. The summed E-state index contributed by atoms with van der Waals surface area (Å²) in [6, 6.07) is 11.4. The Hall–Kier alpha value is -2.93. The molecule has 1 aromatic carbocycles. The number of para-hydroxylation sites is 1. The summed E-state index contributed by atoms with van der Waals surface area (Å²) in [4.78, 5) is 21.8. The lowest BCUT2D eigenvalue weighted by Crippen LogP contribution is -2.50. The average molecular weight is 349 g/mol. The van der Waals surface area contributed by atoms with Crippen molar-refractivity contribution in [2.45, 2.75) is 6.17 Å². The number of carbonyl (C=O) groups excluding carboxylic acids is 1. The van der Waals surface area contributed by atoms with Crippen molar-refractivity contribution in [3.63, 3.8) is 0 Å². The molecule has 0 saturated carbocycles. The van der Waals surface area contributed by atoms with Crippen molar-refractivity contribution in [2.24, 2.45) is 10.1 Å². The summed E-state index contributed by atoms with van der Waals surface area (Å²) in [6.07, 6.45) is 4.80. The zero-order valence-electron chi connectivity index (χ0n) is 13.3. The molecule has 3 heterocycles. The molecule has 1 aromatic heterocycles. The van der Waals surface area contributed by atoms with Crippen LogP contribution in [-0.4, -0.2) is 26.8 Å². The molecule has 0 radical (unpaired) electrons. The van der Waals surface area contributed by atoms with Crippen LogP contribution in [0.2, 0.25) is 0 Å². The Morgan fingerprint density at radius 3 is 2.96 bits per heavy atom. The Morgan fingerprint density at radius 2 is 2.16 bits per heavy atom. The van der Waals surface area contributed by atoms with E-state index < -0.39 is 6.17 Å². The summed E-state index contributed by atoms with van der Waals surface area (Å²) >= 11 is 1.42. The van der Waals surface area contributed by atoms with Crippen molar-refractivity contribution >= 4 is 28.5 Å². The van der Waals surface area contributed by atoms with Gasteiger partial charge >= 0.3 is 0 Å². The maximum atomic E-state index is 12.8. The molecule has 1 amide bonds. The number of nitrogens with zero attached hydrogens (tertiary/aromatic N) is 4. The first-order valence-electron chi connectivity index (χ1n) is 7.78. The van der Waals surface area contributed by atoms with Crippen molar-refractivity contribution in [1.82, 2.24) is 15.3 Å². The van der Waals surface area contributed by atoms with E-state index >= 15 is 0 Å². The van der Waals surface area contributed by atoms with Gasteiger partial charge < -0.3 is 0 Å². The fourth-order valence-electron chi connectivity index (χ4n) is 2.78. The van der Waals surface area contributed by atoms with Gasteiger partial charge in [-0.05, 0) is 12.1 Å². The second-order valence-corrected chi connectivity index (χ2v) is 6.47. The van der Waals surface area contributed by atoms with Crippen LogP contribution in [-0.2, 0) is 4.79 Å². The quantitative estimate of drug-likeness (QED) is 0.844. The first-order valence-corrected chi connectivity index (χ1v) is 8.76. The third-order valence-corrected chi connectivity index (χ3v) is 4.70. The number of amides is 1. The monoisotopic (exact) mass is 349 g/mol. The number of aromatic nitrogens is 1. The number of pyridine rings is 1. The molecule has 0 fully saturated rings. The van der Waals surface area contributed by atoms with Gasteiger partial charge in [0.05, 0.1) is 5.36 Å². The third kappa shape index (κ3) is 2.83. The van der Waals surface area contributed by atoms with Crippen molar-refractivity contribution in [1.29, 1.82) is 0 Å². The molecule has 7 heteroatoms. The van der Waals surface area contributed by atoms with Crippen molar-refractivity contribution in [3.8, 4) is 0 Å². The van der Waals surface area contributed by atoms with E-state index in [1.54, 1.807) is 23.5 Å². The van der Waals surface area contributed by atoms with Gasteiger partial charge in [-0.15, -0.1) is 11.7 Å². The maximum absolute atomic E-state index is 12.8. The molecular weight excluding hydrogens is 334 g/mol. The summed E-state index contributed by atoms with van der Waals surface area (Å²) in [5.41, 5.74) is 1.38. The Bertz CT molecular complexity index is 986. The Balaban J connectivity index is 1.91. The number of fused-ring (bicyclic) bond motifs is 2. The number of thioether (sulfide) groups is 1. The summed E-state index contributed by atoms with van der Waals surface area (Å²) in [7, 11) is 0. The molecule has 4 rings (SSSR count). The highest BCUT2D eigenvalue weighted by molar-refractivity contribution is 8.14. The van der Waals surface area contributed by atoms with E-state index in [1.807, 2.05) is 36.4 Å². The summed E-state index contributed by atoms with van der Waals surface area (Å²) < 4.78 is 0. The molecule has 2 aliphatic rings. The number of hydrazone groups is 1. The average Bonchev–Trinajstić information content (AvgIpc) is 2.66. The highest BCUT2D eigenvalue weighted by atomic mass is 32.2. The van der Waals surface area contributed by atoms with Crippen LogP contribution in [0.25, 0.3) is 5.70 Å². The zero-order chi connectivity index (χ0) is 17.2. The van der Waals surface area contributed by atoms with Crippen molar-refractivity contribution in [3.05, 3.63) is 77.6 Å². The molecular formula is C18H15N5OS. The number of rotatable bonds is 3.